The van der Waals surface area contributed by atoms with Gasteiger partial charge in [-0.1, -0.05) is 31.9 Å². The van der Waals surface area contributed by atoms with E-state index in [-0.39, 0.29) is 17.8 Å². The SMILES string of the molecule is C#Cc1ccc([C@H](C)S(=O)(=O)C[C@@H](NC(=O)OC(C)C)C(C)C)cc1. The summed E-state index contributed by atoms with van der Waals surface area (Å²) in [4.78, 5) is 11.8. The van der Waals surface area contributed by atoms with Gasteiger partial charge < -0.3 is 10.1 Å². The number of ether oxygens (including phenoxy) is 1. The lowest BCUT2D eigenvalue weighted by Gasteiger charge is -2.24. The lowest BCUT2D eigenvalue weighted by molar-refractivity contribution is 0.111. The Labute approximate surface area is 151 Å². The molecular weight excluding hydrogens is 338 g/mol. The highest BCUT2D eigenvalue weighted by Crippen LogP contribution is 2.24. The van der Waals surface area contributed by atoms with Gasteiger partial charge in [-0.25, -0.2) is 13.2 Å². The fourth-order valence-corrected chi connectivity index (χ4v) is 4.08. The first-order chi connectivity index (χ1) is 11.6. The molecule has 1 amide bonds. The molecule has 0 aliphatic heterocycles. The minimum Gasteiger partial charge on any atom is -0.447 e. The van der Waals surface area contributed by atoms with Gasteiger partial charge in [-0.2, -0.15) is 0 Å². The van der Waals surface area contributed by atoms with Crippen molar-refractivity contribution in [2.24, 2.45) is 5.92 Å². The largest absolute Gasteiger partial charge is 0.447 e. The van der Waals surface area contributed by atoms with Crippen LogP contribution in [0, 0.1) is 18.3 Å². The molecule has 0 aliphatic carbocycles. The van der Waals surface area contributed by atoms with Crippen molar-refractivity contribution in [3.63, 3.8) is 0 Å². The van der Waals surface area contributed by atoms with Crippen molar-refractivity contribution >= 4 is 15.9 Å². The molecule has 0 fully saturated rings. The molecule has 0 radical (unpaired) electrons. The van der Waals surface area contributed by atoms with E-state index in [1.807, 2.05) is 13.8 Å². The quantitative estimate of drug-likeness (QED) is 0.753. The number of carbonyl (C=O) groups excluding carboxylic acids is 1. The first kappa shape index (κ1) is 21.0. The number of carbonyl (C=O) groups is 1. The van der Waals surface area contributed by atoms with E-state index in [1.165, 1.54) is 0 Å². The van der Waals surface area contributed by atoms with Crippen molar-refractivity contribution in [2.45, 2.75) is 52.0 Å². The molecule has 0 unspecified atom stereocenters. The molecule has 0 saturated heterocycles. The summed E-state index contributed by atoms with van der Waals surface area (Å²) in [7, 11) is -3.47. The van der Waals surface area contributed by atoms with Crippen LogP contribution in [0.4, 0.5) is 4.79 Å². The van der Waals surface area contributed by atoms with Crippen LogP contribution in [0.2, 0.25) is 0 Å². The van der Waals surface area contributed by atoms with Gasteiger partial charge >= 0.3 is 6.09 Å². The molecule has 0 aromatic heterocycles. The van der Waals surface area contributed by atoms with E-state index in [9.17, 15) is 13.2 Å². The van der Waals surface area contributed by atoms with Crippen LogP contribution >= 0.6 is 0 Å². The van der Waals surface area contributed by atoms with Crippen LogP contribution in [0.25, 0.3) is 0 Å². The molecule has 25 heavy (non-hydrogen) atoms. The van der Waals surface area contributed by atoms with Gasteiger partial charge in [0.15, 0.2) is 9.84 Å². The molecule has 1 N–H and O–H groups in total. The Bertz CT molecular complexity index is 715. The highest BCUT2D eigenvalue weighted by molar-refractivity contribution is 7.91. The van der Waals surface area contributed by atoms with Gasteiger partial charge in [-0.05, 0) is 44.4 Å². The molecule has 0 aliphatic rings. The predicted molar refractivity (Wildman–Crippen MR) is 100.0 cm³/mol. The minimum absolute atomic E-state index is 0.0505. The Morgan fingerprint density at radius 2 is 1.72 bits per heavy atom. The molecule has 1 aromatic rings. The van der Waals surface area contributed by atoms with Crippen LogP contribution in [-0.2, 0) is 14.6 Å². The van der Waals surface area contributed by atoms with Gasteiger partial charge in [0, 0.05) is 11.6 Å². The Balaban J connectivity index is 2.90. The van der Waals surface area contributed by atoms with Gasteiger partial charge in [0.2, 0.25) is 0 Å². The topological polar surface area (TPSA) is 72.5 Å². The van der Waals surface area contributed by atoms with Crippen molar-refractivity contribution in [1.29, 1.82) is 0 Å². The lowest BCUT2D eigenvalue weighted by atomic mass is 10.1. The minimum atomic E-state index is -3.47. The second-order valence-corrected chi connectivity index (χ2v) is 9.05. The zero-order valence-corrected chi connectivity index (χ0v) is 16.3. The van der Waals surface area contributed by atoms with Crippen LogP contribution < -0.4 is 5.32 Å². The lowest BCUT2D eigenvalue weighted by Crippen LogP contribution is -2.44. The van der Waals surface area contributed by atoms with Crippen LogP contribution in [0.3, 0.4) is 0 Å². The number of alkyl carbamates (subject to hydrolysis) is 1. The molecule has 1 aromatic carbocycles. The maximum absolute atomic E-state index is 12.8. The Kier molecular flexibility index (Phi) is 7.50. The monoisotopic (exact) mass is 365 g/mol. The number of hydrogen-bond donors (Lipinski definition) is 1. The molecule has 0 heterocycles. The van der Waals surface area contributed by atoms with Crippen LogP contribution in [-0.4, -0.2) is 32.4 Å². The summed E-state index contributed by atoms with van der Waals surface area (Å²) in [6.07, 6.45) is 4.45. The van der Waals surface area contributed by atoms with Crippen molar-refractivity contribution in [3.8, 4) is 12.3 Å². The number of terminal acetylenes is 1. The summed E-state index contributed by atoms with van der Waals surface area (Å²) in [6, 6.07) is 6.37. The van der Waals surface area contributed by atoms with Crippen molar-refractivity contribution < 1.29 is 17.9 Å². The normalized spacial score (nSPS) is 14.0. The third-order valence-electron chi connectivity index (χ3n) is 3.95. The number of sulfone groups is 1. The second kappa shape index (κ2) is 8.91. The van der Waals surface area contributed by atoms with Crippen LogP contribution in [0.15, 0.2) is 24.3 Å². The second-order valence-electron chi connectivity index (χ2n) is 6.69. The van der Waals surface area contributed by atoms with E-state index in [0.29, 0.717) is 11.1 Å². The molecule has 6 heteroatoms. The van der Waals surface area contributed by atoms with E-state index in [1.54, 1.807) is 45.0 Å². The smallest absolute Gasteiger partial charge is 0.407 e. The average molecular weight is 365 g/mol. The average Bonchev–Trinajstić information content (AvgIpc) is 2.52. The first-order valence-electron chi connectivity index (χ1n) is 8.32. The third-order valence-corrected chi connectivity index (χ3v) is 6.12. The third kappa shape index (κ3) is 6.43. The maximum Gasteiger partial charge on any atom is 0.407 e. The van der Waals surface area contributed by atoms with Crippen LogP contribution in [0.1, 0.15) is 51.0 Å². The molecule has 2 atom stereocenters. The molecule has 0 spiro atoms. The number of benzene rings is 1. The molecule has 5 nitrogen and oxygen atoms in total. The molecule has 0 bridgehead atoms. The molecule has 0 saturated carbocycles. The van der Waals surface area contributed by atoms with E-state index >= 15 is 0 Å². The number of rotatable bonds is 7. The van der Waals surface area contributed by atoms with Gasteiger partial charge in [0.05, 0.1) is 17.1 Å². The van der Waals surface area contributed by atoms with E-state index in [2.05, 4.69) is 11.2 Å². The summed E-state index contributed by atoms with van der Waals surface area (Å²) in [6.45, 7) is 8.85. The van der Waals surface area contributed by atoms with Gasteiger partial charge in [0.25, 0.3) is 0 Å². The Morgan fingerprint density at radius 3 is 2.16 bits per heavy atom. The Morgan fingerprint density at radius 1 is 1.16 bits per heavy atom. The zero-order valence-electron chi connectivity index (χ0n) is 15.4. The van der Waals surface area contributed by atoms with Gasteiger partial charge in [-0.3, -0.25) is 0 Å². The number of hydrogen-bond acceptors (Lipinski definition) is 4. The fourth-order valence-electron chi connectivity index (χ4n) is 2.25. The summed E-state index contributed by atoms with van der Waals surface area (Å²) in [5, 5.41) is 1.97. The Hall–Kier alpha value is -2.00. The van der Waals surface area contributed by atoms with Crippen molar-refractivity contribution in [1.82, 2.24) is 5.32 Å². The maximum atomic E-state index is 12.8. The fraction of sp³-hybridized carbons (Fsp3) is 0.526. The molecule has 1 rings (SSSR count). The summed E-state index contributed by atoms with van der Waals surface area (Å²) in [5.41, 5.74) is 1.37. The standard InChI is InChI=1S/C19H27NO4S/c1-7-16-8-10-17(11-9-16)15(6)25(22,23)12-18(13(2)3)20-19(21)24-14(4)5/h1,8-11,13-15,18H,12H2,2-6H3,(H,20,21)/t15-,18+/m0/s1. The summed E-state index contributed by atoms with van der Waals surface area (Å²) >= 11 is 0. The van der Waals surface area contributed by atoms with E-state index in [4.69, 9.17) is 11.2 Å². The number of amides is 1. The number of nitrogens with one attached hydrogen (secondary N) is 1. The van der Waals surface area contributed by atoms with E-state index in [0.717, 1.165) is 0 Å². The predicted octanol–water partition coefficient (Wildman–Crippen LogP) is 3.30. The van der Waals surface area contributed by atoms with Crippen molar-refractivity contribution in [3.05, 3.63) is 35.4 Å². The van der Waals surface area contributed by atoms with Crippen LogP contribution in [0.5, 0.6) is 0 Å². The summed E-state index contributed by atoms with van der Waals surface area (Å²) in [5.74, 6) is 2.30. The van der Waals surface area contributed by atoms with Gasteiger partial charge in [-0.15, -0.1) is 6.42 Å². The highest BCUT2D eigenvalue weighted by Gasteiger charge is 2.29. The van der Waals surface area contributed by atoms with E-state index < -0.39 is 27.2 Å². The molecule has 138 valence electrons. The summed E-state index contributed by atoms with van der Waals surface area (Å²) < 4.78 is 30.6. The zero-order chi connectivity index (χ0) is 19.2. The van der Waals surface area contributed by atoms with Gasteiger partial charge in [0.1, 0.15) is 0 Å². The first-order valence-corrected chi connectivity index (χ1v) is 10.0. The highest BCUT2D eigenvalue weighted by atomic mass is 32.2. The molecular formula is C19H27NO4S. The van der Waals surface area contributed by atoms with Crippen molar-refractivity contribution in [2.75, 3.05) is 5.75 Å².